The van der Waals surface area contributed by atoms with Crippen molar-refractivity contribution >= 4 is 27.7 Å². The summed E-state index contributed by atoms with van der Waals surface area (Å²) < 4.78 is 30.1. The zero-order valence-corrected chi connectivity index (χ0v) is 11.7. The van der Waals surface area contributed by atoms with Crippen LogP contribution in [0.4, 0.5) is 4.79 Å². The van der Waals surface area contributed by atoms with Crippen molar-refractivity contribution in [3.05, 3.63) is 23.4 Å². The molecule has 0 atom stereocenters. The first-order chi connectivity index (χ1) is 8.10. The van der Waals surface area contributed by atoms with Gasteiger partial charge in [-0.2, -0.15) is 8.42 Å². The number of carbonyl (C=O) groups excluding carboxylic acids is 1. The molecule has 1 amide bonds. The first kappa shape index (κ1) is 14.7. The smallest absolute Gasteiger partial charge is 0.421 e. The number of pyridine rings is 1. The molecule has 0 aliphatic heterocycles. The van der Waals surface area contributed by atoms with Gasteiger partial charge >= 0.3 is 6.09 Å². The second-order valence-electron chi connectivity index (χ2n) is 4.42. The Hall–Kier alpha value is -1.34. The molecule has 1 aromatic heterocycles. The number of nitrogens with one attached hydrogen (secondary N) is 1. The predicted octanol–water partition coefficient (Wildman–Crippen LogP) is 1.95. The molecular formula is C10H13ClN2O4S. The topological polar surface area (TPSA) is 85.4 Å². The second kappa shape index (κ2) is 5.11. The Kier molecular flexibility index (Phi) is 4.18. The lowest BCUT2D eigenvalue weighted by atomic mass is 10.2. The summed E-state index contributed by atoms with van der Waals surface area (Å²) in [5.74, 6) is 0. The van der Waals surface area contributed by atoms with E-state index in [4.69, 9.17) is 16.3 Å². The first-order valence-corrected chi connectivity index (χ1v) is 6.84. The number of sulfonamides is 1. The van der Waals surface area contributed by atoms with Gasteiger partial charge in [0.2, 0.25) is 0 Å². The van der Waals surface area contributed by atoms with Crippen molar-refractivity contribution in [1.82, 2.24) is 9.71 Å². The van der Waals surface area contributed by atoms with Crippen molar-refractivity contribution in [2.45, 2.75) is 31.4 Å². The zero-order chi connectivity index (χ0) is 14.0. The van der Waals surface area contributed by atoms with Crippen LogP contribution in [-0.2, 0) is 14.8 Å². The Balaban J connectivity index is 2.87. The third kappa shape index (κ3) is 4.50. The number of hydrogen-bond acceptors (Lipinski definition) is 5. The Morgan fingerprint density at radius 1 is 1.44 bits per heavy atom. The minimum Gasteiger partial charge on any atom is -0.443 e. The number of hydrogen-bond donors (Lipinski definition) is 1. The van der Waals surface area contributed by atoms with E-state index in [-0.39, 0.29) is 10.0 Å². The van der Waals surface area contributed by atoms with Gasteiger partial charge in [-0.25, -0.2) is 14.5 Å². The number of carbonyl (C=O) groups is 1. The van der Waals surface area contributed by atoms with Crippen LogP contribution in [0.1, 0.15) is 20.8 Å². The van der Waals surface area contributed by atoms with Gasteiger partial charge in [0.25, 0.3) is 10.0 Å². The van der Waals surface area contributed by atoms with Crippen molar-refractivity contribution in [3.8, 4) is 0 Å². The molecule has 1 heterocycles. The summed E-state index contributed by atoms with van der Waals surface area (Å²) in [7, 11) is -4.07. The van der Waals surface area contributed by atoms with Crippen molar-refractivity contribution < 1.29 is 17.9 Å². The van der Waals surface area contributed by atoms with Gasteiger partial charge in [-0.15, -0.1) is 0 Å². The van der Waals surface area contributed by atoms with Crippen LogP contribution in [0.2, 0.25) is 5.02 Å². The van der Waals surface area contributed by atoms with E-state index in [9.17, 15) is 13.2 Å². The van der Waals surface area contributed by atoms with Gasteiger partial charge in [-0.3, -0.25) is 0 Å². The molecule has 18 heavy (non-hydrogen) atoms. The standard InChI is InChI=1S/C10H13ClN2O4S/c1-10(2,3)17-9(14)13-18(15,16)8-6-7(11)4-5-12-8/h4-6H,1-3H3,(H,13,14). The molecule has 0 saturated heterocycles. The number of halogens is 1. The fourth-order valence-electron chi connectivity index (χ4n) is 0.993. The summed E-state index contributed by atoms with van der Waals surface area (Å²) in [6.45, 7) is 4.87. The van der Waals surface area contributed by atoms with Crippen LogP contribution in [0.25, 0.3) is 0 Å². The lowest BCUT2D eigenvalue weighted by molar-refractivity contribution is 0.0570. The fourth-order valence-corrected chi connectivity index (χ4v) is 2.06. The lowest BCUT2D eigenvalue weighted by Crippen LogP contribution is -2.36. The number of amides is 1. The molecule has 0 radical (unpaired) electrons. The predicted molar refractivity (Wildman–Crippen MR) is 65.8 cm³/mol. The molecule has 0 unspecified atom stereocenters. The quantitative estimate of drug-likeness (QED) is 0.900. The lowest BCUT2D eigenvalue weighted by Gasteiger charge is -2.19. The van der Waals surface area contributed by atoms with Crippen molar-refractivity contribution in [2.24, 2.45) is 0 Å². The highest BCUT2D eigenvalue weighted by atomic mass is 35.5. The minimum atomic E-state index is -4.07. The minimum absolute atomic E-state index is 0.203. The maximum absolute atomic E-state index is 11.7. The molecule has 0 aliphatic carbocycles. The number of rotatable bonds is 2. The number of nitrogens with zero attached hydrogens (tertiary/aromatic N) is 1. The molecule has 0 spiro atoms. The van der Waals surface area contributed by atoms with Gasteiger partial charge < -0.3 is 4.74 Å². The third-order valence-electron chi connectivity index (χ3n) is 1.59. The van der Waals surface area contributed by atoms with E-state index in [2.05, 4.69) is 4.98 Å². The molecule has 6 nitrogen and oxygen atoms in total. The normalized spacial score (nSPS) is 12.0. The van der Waals surface area contributed by atoms with Crippen molar-refractivity contribution in [1.29, 1.82) is 0 Å². The summed E-state index contributed by atoms with van der Waals surface area (Å²) in [5.41, 5.74) is -0.790. The van der Waals surface area contributed by atoms with E-state index in [1.165, 1.54) is 12.3 Å². The van der Waals surface area contributed by atoms with E-state index < -0.39 is 21.7 Å². The molecule has 0 aliphatic rings. The van der Waals surface area contributed by atoms with Crippen LogP contribution < -0.4 is 4.72 Å². The number of ether oxygens (including phenoxy) is 1. The summed E-state index contributed by atoms with van der Waals surface area (Å²) in [4.78, 5) is 15.0. The zero-order valence-electron chi connectivity index (χ0n) is 10.1. The average molecular weight is 293 g/mol. The van der Waals surface area contributed by atoms with Gasteiger partial charge in [0.05, 0.1) is 0 Å². The SMILES string of the molecule is CC(C)(C)OC(=O)NS(=O)(=O)c1cc(Cl)ccn1. The van der Waals surface area contributed by atoms with E-state index in [1.54, 1.807) is 25.5 Å². The third-order valence-corrected chi connectivity index (χ3v) is 3.03. The Labute approximate surface area is 110 Å². The van der Waals surface area contributed by atoms with Crippen LogP contribution in [0, 0.1) is 0 Å². The van der Waals surface area contributed by atoms with E-state index >= 15 is 0 Å². The van der Waals surface area contributed by atoms with E-state index in [0.29, 0.717) is 0 Å². The van der Waals surface area contributed by atoms with E-state index in [1.807, 2.05) is 0 Å². The average Bonchev–Trinajstić information content (AvgIpc) is 2.13. The molecule has 0 fully saturated rings. The monoisotopic (exact) mass is 292 g/mol. The van der Waals surface area contributed by atoms with Gasteiger partial charge in [0, 0.05) is 11.2 Å². The molecule has 0 aromatic carbocycles. The Morgan fingerprint density at radius 2 is 2.06 bits per heavy atom. The highest BCUT2D eigenvalue weighted by molar-refractivity contribution is 7.90. The van der Waals surface area contributed by atoms with Crippen LogP contribution in [0.3, 0.4) is 0 Å². The van der Waals surface area contributed by atoms with Gasteiger partial charge in [-0.1, -0.05) is 11.6 Å². The molecule has 100 valence electrons. The van der Waals surface area contributed by atoms with Crippen molar-refractivity contribution in [2.75, 3.05) is 0 Å². The van der Waals surface area contributed by atoms with Gasteiger partial charge in [0.1, 0.15) is 5.60 Å². The first-order valence-electron chi connectivity index (χ1n) is 4.97. The van der Waals surface area contributed by atoms with E-state index in [0.717, 1.165) is 6.07 Å². The van der Waals surface area contributed by atoms with Crippen molar-refractivity contribution in [3.63, 3.8) is 0 Å². The Bertz CT molecular complexity index is 551. The van der Waals surface area contributed by atoms with Crippen LogP contribution in [-0.4, -0.2) is 25.1 Å². The summed E-state index contributed by atoms with van der Waals surface area (Å²) in [6, 6.07) is 2.56. The van der Waals surface area contributed by atoms with Gasteiger partial charge in [-0.05, 0) is 32.9 Å². The summed E-state index contributed by atoms with van der Waals surface area (Å²) >= 11 is 5.65. The molecule has 0 bridgehead atoms. The van der Waals surface area contributed by atoms with Gasteiger partial charge in [0.15, 0.2) is 5.03 Å². The Morgan fingerprint density at radius 3 is 2.56 bits per heavy atom. The maximum Gasteiger partial charge on any atom is 0.421 e. The molecule has 1 aromatic rings. The summed E-state index contributed by atoms with van der Waals surface area (Å²) in [5, 5.41) is -0.143. The maximum atomic E-state index is 11.7. The van der Waals surface area contributed by atoms with Crippen LogP contribution in [0.5, 0.6) is 0 Å². The van der Waals surface area contributed by atoms with Crippen LogP contribution in [0.15, 0.2) is 23.4 Å². The highest BCUT2D eigenvalue weighted by Gasteiger charge is 2.23. The molecule has 1 N–H and O–H groups in total. The van der Waals surface area contributed by atoms with Crippen LogP contribution >= 0.6 is 11.6 Å². The fraction of sp³-hybridized carbons (Fsp3) is 0.400. The molecular weight excluding hydrogens is 280 g/mol. The molecule has 1 rings (SSSR count). The largest absolute Gasteiger partial charge is 0.443 e. The number of aromatic nitrogens is 1. The molecule has 0 saturated carbocycles. The molecule has 8 heteroatoms. The second-order valence-corrected chi connectivity index (χ2v) is 6.49. The highest BCUT2D eigenvalue weighted by Crippen LogP contribution is 2.13. The summed E-state index contributed by atoms with van der Waals surface area (Å²) in [6.07, 6.45) is 0.163.